The monoisotopic (exact) mass is 1080 g/mol. The van der Waals surface area contributed by atoms with Gasteiger partial charge in [-0.25, -0.2) is 25.3 Å². The van der Waals surface area contributed by atoms with E-state index >= 15 is 0 Å². The Kier molecular flexibility index (Phi) is 14.4. The molecule has 23 heteroatoms. The van der Waals surface area contributed by atoms with Crippen LogP contribution in [0, 0.1) is 55.4 Å². The number of hydrogen-bond donors (Lipinski definition) is 2. The first-order valence-corrected chi connectivity index (χ1v) is 26.9. The number of aromatic hydroxyl groups is 2. The summed E-state index contributed by atoms with van der Waals surface area (Å²) in [6, 6.07) is 20.8. The lowest BCUT2D eigenvalue weighted by Crippen LogP contribution is -2.09. The first-order valence-electron chi connectivity index (χ1n) is 22.5. The number of nitrogens with zero attached hydrogens (tertiary/aromatic N) is 6. The highest BCUT2D eigenvalue weighted by Crippen LogP contribution is 2.40. The molecule has 2 N–H and O–H groups in total. The molecule has 0 amide bonds. The molecule has 388 valence electrons. The fraction of sp³-hybridized carbons (Fsp3) is 0.192. The molecule has 0 atom stereocenters. The molecule has 0 bridgehead atoms. The van der Waals surface area contributed by atoms with Gasteiger partial charge in [-0.2, -0.15) is 0 Å². The number of ether oxygens (including phenoxy) is 6. The van der Waals surface area contributed by atoms with Gasteiger partial charge in [0, 0.05) is 0 Å². The van der Waals surface area contributed by atoms with Gasteiger partial charge in [-0.3, -0.25) is 0 Å². The normalized spacial score (nSPS) is 11.8. The van der Waals surface area contributed by atoms with Gasteiger partial charge >= 0.3 is 36.1 Å². The predicted molar refractivity (Wildman–Crippen MR) is 269 cm³/mol. The lowest BCUT2D eigenvalue weighted by molar-refractivity contribution is 0.334. The third kappa shape index (κ3) is 11.0. The molecule has 0 fully saturated rings. The summed E-state index contributed by atoms with van der Waals surface area (Å²) in [6.07, 6.45) is 0. The first kappa shape index (κ1) is 52.9. The van der Waals surface area contributed by atoms with Gasteiger partial charge in [-0.15, -0.1) is 29.9 Å². The lowest BCUT2D eigenvalue weighted by Gasteiger charge is -2.16. The van der Waals surface area contributed by atoms with Crippen molar-refractivity contribution >= 4 is 29.5 Å². The Bertz CT molecular complexity index is 3620. The molecular weight excluding hydrogens is 1030 g/mol. The molecule has 0 unspecified atom stereocenters. The molecule has 8 rings (SSSR count). The van der Waals surface area contributed by atoms with Crippen LogP contribution in [0.1, 0.15) is 44.5 Å². The number of hydrogen-bond acceptors (Lipinski definition) is 20. The van der Waals surface area contributed by atoms with Crippen molar-refractivity contribution in [2.45, 2.75) is 84.8 Å². The SMILES string of the molecule is COc1nc(Oc2ccc(S(=O)(=O)c3ccc(Oc4nc(OC)nc(Oc5cc(C)cc(C)c5S(=O)(=O)c5cc(C)c(O)c(C)c5)n4)cc3)cc2)nc(Oc2cc(C)cc(C)c2S(=O)(=O)c2cc(C)c(O)c(C)c2)n1. The average molecular weight is 1080 g/mol. The summed E-state index contributed by atoms with van der Waals surface area (Å²) < 4.78 is 118. The van der Waals surface area contributed by atoms with E-state index < -0.39 is 29.5 Å². The van der Waals surface area contributed by atoms with Crippen LogP contribution in [0.15, 0.2) is 126 Å². The highest BCUT2D eigenvalue weighted by molar-refractivity contribution is 7.92. The Morgan fingerprint density at radius 3 is 0.947 bits per heavy atom. The fourth-order valence-corrected chi connectivity index (χ4v) is 12.7. The average Bonchev–Trinajstić information content (AvgIpc) is 3.34. The largest absolute Gasteiger partial charge is 0.507 e. The van der Waals surface area contributed by atoms with E-state index in [0.29, 0.717) is 44.5 Å². The molecule has 2 aromatic heterocycles. The molecule has 2 heterocycles. The van der Waals surface area contributed by atoms with Crippen molar-refractivity contribution in [1.29, 1.82) is 0 Å². The van der Waals surface area contributed by atoms with Crippen molar-refractivity contribution in [2.75, 3.05) is 14.2 Å². The Morgan fingerprint density at radius 2 is 0.640 bits per heavy atom. The van der Waals surface area contributed by atoms with E-state index in [9.17, 15) is 35.5 Å². The van der Waals surface area contributed by atoms with E-state index in [4.69, 9.17) is 28.4 Å². The molecule has 0 saturated heterocycles. The van der Waals surface area contributed by atoms with Gasteiger partial charge in [0.05, 0.1) is 33.8 Å². The maximum absolute atomic E-state index is 14.1. The van der Waals surface area contributed by atoms with Crippen LogP contribution < -0.4 is 28.4 Å². The molecule has 0 radical (unpaired) electrons. The second kappa shape index (κ2) is 20.5. The smallest absolute Gasteiger partial charge is 0.331 e. The third-order valence-electron chi connectivity index (χ3n) is 11.5. The highest BCUT2D eigenvalue weighted by atomic mass is 32.2. The van der Waals surface area contributed by atoms with Crippen molar-refractivity contribution in [1.82, 2.24) is 29.9 Å². The van der Waals surface area contributed by atoms with Crippen LogP contribution in [-0.2, 0) is 29.5 Å². The van der Waals surface area contributed by atoms with Gasteiger partial charge in [-0.1, -0.05) is 12.1 Å². The number of sulfone groups is 3. The van der Waals surface area contributed by atoms with Crippen LogP contribution in [0.5, 0.6) is 70.6 Å². The number of benzene rings is 6. The second-order valence-corrected chi connectivity index (χ2v) is 23.0. The van der Waals surface area contributed by atoms with Gasteiger partial charge < -0.3 is 38.6 Å². The van der Waals surface area contributed by atoms with Crippen molar-refractivity contribution in [3.05, 3.63) is 142 Å². The quantitative estimate of drug-likeness (QED) is 0.0910. The molecule has 0 aliphatic rings. The van der Waals surface area contributed by atoms with Gasteiger partial charge in [-0.05, 0) is 185 Å². The molecule has 0 spiro atoms. The number of phenols is 2. The maximum Gasteiger partial charge on any atom is 0.331 e. The zero-order valence-electron chi connectivity index (χ0n) is 41.9. The zero-order chi connectivity index (χ0) is 54.3. The molecule has 0 aliphatic heterocycles. The maximum atomic E-state index is 14.1. The second-order valence-electron chi connectivity index (χ2n) is 17.3. The molecule has 75 heavy (non-hydrogen) atoms. The minimum absolute atomic E-state index is 0.0161. The van der Waals surface area contributed by atoms with E-state index in [0.717, 1.165) is 0 Å². The summed E-state index contributed by atoms with van der Waals surface area (Å²) in [5.74, 6) is 0.00608. The van der Waals surface area contributed by atoms with E-state index in [2.05, 4.69) is 29.9 Å². The van der Waals surface area contributed by atoms with Crippen LogP contribution >= 0.6 is 0 Å². The molecule has 8 aromatic rings. The van der Waals surface area contributed by atoms with Crippen molar-refractivity contribution in [3.63, 3.8) is 0 Å². The Hall–Kier alpha value is -8.41. The summed E-state index contributed by atoms with van der Waals surface area (Å²) in [5, 5.41) is 20.6. The summed E-state index contributed by atoms with van der Waals surface area (Å²) >= 11 is 0. The predicted octanol–water partition coefficient (Wildman–Crippen LogP) is 9.62. The number of phenolic OH excluding ortho intramolecular Hbond substituents is 2. The number of aromatic nitrogens is 6. The van der Waals surface area contributed by atoms with Crippen molar-refractivity contribution < 1.29 is 63.9 Å². The molecular formula is C52H48N6O14S3. The number of methoxy groups -OCH3 is 2. The Morgan fingerprint density at radius 1 is 0.347 bits per heavy atom. The van der Waals surface area contributed by atoms with Gasteiger partial charge in [0.15, 0.2) is 11.5 Å². The van der Waals surface area contributed by atoms with Gasteiger partial charge in [0.25, 0.3) is 0 Å². The number of rotatable bonds is 16. The highest BCUT2D eigenvalue weighted by Gasteiger charge is 2.30. The van der Waals surface area contributed by atoms with Crippen LogP contribution in [0.2, 0.25) is 0 Å². The Labute approximate surface area is 432 Å². The van der Waals surface area contributed by atoms with Crippen LogP contribution in [0.4, 0.5) is 0 Å². The van der Waals surface area contributed by atoms with Crippen molar-refractivity contribution in [3.8, 4) is 70.6 Å². The van der Waals surface area contributed by atoms with E-state index in [1.54, 1.807) is 67.5 Å². The van der Waals surface area contributed by atoms with Gasteiger partial charge in [0.2, 0.25) is 29.5 Å². The molecule has 0 saturated carbocycles. The summed E-state index contributed by atoms with van der Waals surface area (Å²) in [5.41, 5.74) is 3.63. The van der Waals surface area contributed by atoms with Gasteiger partial charge in [0.1, 0.15) is 32.8 Å². The molecule has 6 aromatic carbocycles. The van der Waals surface area contributed by atoms with Crippen molar-refractivity contribution in [2.24, 2.45) is 0 Å². The standard InChI is InChI=1S/C52H48N6O14S3/c1-27-19-33(7)45(74(63,64)39-23-29(3)43(59)30(4)24-39)41(21-27)71-51-55-47(67-9)53-49(57-51)69-35-11-15-37(16-12-35)73(61,62)38-17-13-36(14-18-38)70-50-54-48(68-10)56-52(58-50)72-42-22-28(2)20-34(8)46(42)75(65,66)40-25-31(5)44(60)32(6)26-40/h11-26,59-60H,1-10H3. The lowest BCUT2D eigenvalue weighted by atomic mass is 10.1. The first-order chi connectivity index (χ1) is 35.4. The minimum Gasteiger partial charge on any atom is -0.507 e. The summed E-state index contributed by atoms with van der Waals surface area (Å²) in [4.78, 5) is 24.4. The zero-order valence-corrected chi connectivity index (χ0v) is 44.4. The molecule has 0 aliphatic carbocycles. The number of aryl methyl sites for hydroxylation is 8. The third-order valence-corrected chi connectivity index (χ3v) is 17.1. The van der Waals surface area contributed by atoms with E-state index in [1.807, 2.05) is 0 Å². The van der Waals surface area contributed by atoms with Crippen LogP contribution in [0.3, 0.4) is 0 Å². The van der Waals surface area contributed by atoms with E-state index in [-0.39, 0.29) is 99.9 Å². The Balaban J connectivity index is 0.992. The van der Waals surface area contributed by atoms with E-state index in [1.165, 1.54) is 99.1 Å². The summed E-state index contributed by atoms with van der Waals surface area (Å²) in [6.45, 7) is 13.2. The fourth-order valence-electron chi connectivity index (χ4n) is 7.97. The summed E-state index contributed by atoms with van der Waals surface area (Å²) in [7, 11) is -9.96. The topological polar surface area (TPSA) is 276 Å². The van der Waals surface area contributed by atoms with Crippen LogP contribution in [0.25, 0.3) is 0 Å². The molecule has 20 nitrogen and oxygen atoms in total. The minimum atomic E-state index is -4.21. The van der Waals surface area contributed by atoms with Crippen LogP contribution in [-0.4, -0.2) is 79.6 Å².